The topological polar surface area (TPSA) is 64.1 Å². The van der Waals surface area contributed by atoms with Crippen LogP contribution in [0.2, 0.25) is 10.0 Å². The second-order valence-corrected chi connectivity index (χ2v) is 8.75. The molecule has 2 heterocycles. The van der Waals surface area contributed by atoms with Gasteiger partial charge in [0.25, 0.3) is 0 Å². The lowest BCUT2D eigenvalue weighted by atomic mass is 10.1. The summed E-state index contributed by atoms with van der Waals surface area (Å²) in [4.78, 5) is 30.7. The van der Waals surface area contributed by atoms with Gasteiger partial charge in [-0.2, -0.15) is 0 Å². The van der Waals surface area contributed by atoms with Gasteiger partial charge in [-0.25, -0.2) is 0 Å². The number of amides is 2. The van der Waals surface area contributed by atoms with E-state index in [1.54, 1.807) is 34.1 Å². The molecule has 8 heteroatoms. The number of likely N-dealkylation sites (tertiary alicyclic amines) is 1. The Morgan fingerprint density at radius 3 is 2.53 bits per heavy atom. The Morgan fingerprint density at radius 2 is 1.80 bits per heavy atom. The molecule has 0 bridgehead atoms. The molecule has 0 spiro atoms. The van der Waals surface area contributed by atoms with Gasteiger partial charge in [-0.05, 0) is 49.7 Å². The molecule has 1 unspecified atom stereocenters. The average molecular weight is 454 g/mol. The Balaban J connectivity index is 1.50. The van der Waals surface area contributed by atoms with Crippen LogP contribution in [0.5, 0.6) is 0 Å². The van der Waals surface area contributed by atoms with Crippen LogP contribution in [0.1, 0.15) is 31.2 Å². The number of halogens is 2. The fourth-order valence-corrected chi connectivity index (χ4v) is 4.23. The van der Waals surface area contributed by atoms with Crippen LogP contribution in [0.3, 0.4) is 0 Å². The molecule has 0 aromatic heterocycles. The highest BCUT2D eigenvalue weighted by Gasteiger charge is 2.25. The SMILES string of the molecule is O=C(C=Cc1ccc(Cl)c(Cl)c1)N1CCC(=O)N(CC(O)CN2CCCCC2)CC1. The van der Waals surface area contributed by atoms with Crippen molar-refractivity contribution in [2.45, 2.75) is 31.8 Å². The van der Waals surface area contributed by atoms with E-state index < -0.39 is 6.10 Å². The molecule has 2 aliphatic heterocycles. The van der Waals surface area contributed by atoms with Crippen molar-refractivity contribution in [3.05, 3.63) is 39.9 Å². The van der Waals surface area contributed by atoms with Gasteiger partial charge in [0, 0.05) is 45.2 Å². The van der Waals surface area contributed by atoms with Crippen molar-refractivity contribution in [1.82, 2.24) is 14.7 Å². The molecule has 6 nitrogen and oxygen atoms in total. The minimum absolute atomic E-state index is 0.0172. The molecule has 164 valence electrons. The molecule has 2 amide bonds. The highest BCUT2D eigenvalue weighted by Crippen LogP contribution is 2.23. The summed E-state index contributed by atoms with van der Waals surface area (Å²) in [6.45, 7) is 4.20. The number of β-amino-alcohol motifs (C(OH)–C–C–N with tert-alkyl or cyclic N) is 1. The maximum Gasteiger partial charge on any atom is 0.246 e. The highest BCUT2D eigenvalue weighted by molar-refractivity contribution is 6.42. The van der Waals surface area contributed by atoms with Crippen LogP contribution >= 0.6 is 23.2 Å². The first-order valence-electron chi connectivity index (χ1n) is 10.5. The van der Waals surface area contributed by atoms with E-state index in [1.807, 2.05) is 0 Å². The lowest BCUT2D eigenvalue weighted by Gasteiger charge is -2.30. The Bertz CT molecular complexity index is 781. The molecule has 3 rings (SSSR count). The van der Waals surface area contributed by atoms with E-state index in [0.717, 1.165) is 18.7 Å². The van der Waals surface area contributed by atoms with Crippen LogP contribution in [0.15, 0.2) is 24.3 Å². The lowest BCUT2D eigenvalue weighted by molar-refractivity contribution is -0.131. The number of carbonyl (C=O) groups excluding carboxylic acids is 2. The zero-order valence-electron chi connectivity index (χ0n) is 17.1. The summed E-state index contributed by atoms with van der Waals surface area (Å²) < 4.78 is 0. The van der Waals surface area contributed by atoms with Crippen LogP contribution in [0.25, 0.3) is 6.08 Å². The molecule has 2 aliphatic rings. The van der Waals surface area contributed by atoms with E-state index in [4.69, 9.17) is 23.2 Å². The number of aliphatic hydroxyl groups excluding tert-OH is 1. The first kappa shape index (κ1) is 23.1. The summed E-state index contributed by atoms with van der Waals surface area (Å²) in [5.41, 5.74) is 0.783. The summed E-state index contributed by atoms with van der Waals surface area (Å²) >= 11 is 11.9. The van der Waals surface area contributed by atoms with Crippen molar-refractivity contribution in [1.29, 1.82) is 0 Å². The Hall–Kier alpha value is -1.60. The molecule has 2 saturated heterocycles. The average Bonchev–Trinajstić information content (AvgIpc) is 2.91. The largest absolute Gasteiger partial charge is 0.390 e. The zero-order chi connectivity index (χ0) is 21.5. The number of hydrogen-bond donors (Lipinski definition) is 1. The quantitative estimate of drug-likeness (QED) is 0.672. The predicted octanol–water partition coefficient (Wildman–Crippen LogP) is 2.91. The maximum absolute atomic E-state index is 12.6. The van der Waals surface area contributed by atoms with E-state index >= 15 is 0 Å². The second kappa shape index (κ2) is 11.1. The summed E-state index contributed by atoms with van der Waals surface area (Å²) in [6, 6.07) is 5.17. The van der Waals surface area contributed by atoms with Gasteiger partial charge >= 0.3 is 0 Å². The van der Waals surface area contributed by atoms with Crippen molar-refractivity contribution in [2.75, 3.05) is 45.8 Å². The molecule has 1 aromatic rings. The number of carbonyl (C=O) groups is 2. The summed E-state index contributed by atoms with van der Waals surface area (Å²) in [5.74, 6) is -0.166. The second-order valence-electron chi connectivity index (χ2n) is 7.94. The van der Waals surface area contributed by atoms with Gasteiger partial charge in [-0.3, -0.25) is 9.59 Å². The first-order valence-corrected chi connectivity index (χ1v) is 11.3. The smallest absolute Gasteiger partial charge is 0.246 e. The number of hydrogen-bond acceptors (Lipinski definition) is 4. The van der Waals surface area contributed by atoms with Crippen molar-refractivity contribution in [3.8, 4) is 0 Å². The summed E-state index contributed by atoms with van der Waals surface area (Å²) in [7, 11) is 0. The van der Waals surface area contributed by atoms with Crippen LogP contribution in [0, 0.1) is 0 Å². The van der Waals surface area contributed by atoms with E-state index in [1.165, 1.54) is 25.3 Å². The molecular formula is C22H29Cl2N3O3. The van der Waals surface area contributed by atoms with Crippen molar-refractivity contribution in [3.63, 3.8) is 0 Å². The normalized spacial score (nSPS) is 19.9. The van der Waals surface area contributed by atoms with E-state index in [2.05, 4.69) is 4.90 Å². The third kappa shape index (κ3) is 6.71. The molecule has 30 heavy (non-hydrogen) atoms. The number of rotatable bonds is 6. The van der Waals surface area contributed by atoms with E-state index in [9.17, 15) is 14.7 Å². The molecule has 0 aliphatic carbocycles. The number of nitrogens with zero attached hydrogens (tertiary/aromatic N) is 3. The molecular weight excluding hydrogens is 425 g/mol. The molecule has 0 radical (unpaired) electrons. The van der Waals surface area contributed by atoms with E-state index in [0.29, 0.717) is 42.8 Å². The standard InChI is InChI=1S/C22H29Cl2N3O3/c23-19-6-4-17(14-20(19)24)5-7-21(29)26-11-8-22(30)27(13-12-26)16-18(28)15-25-9-2-1-3-10-25/h4-7,14,18,28H,1-3,8-13,15-16H2. The number of aliphatic hydroxyl groups is 1. The highest BCUT2D eigenvalue weighted by atomic mass is 35.5. The van der Waals surface area contributed by atoms with Crippen LogP contribution in [-0.2, 0) is 9.59 Å². The van der Waals surface area contributed by atoms with Crippen LogP contribution in [0.4, 0.5) is 0 Å². The van der Waals surface area contributed by atoms with Gasteiger partial charge in [-0.15, -0.1) is 0 Å². The Morgan fingerprint density at radius 1 is 1.03 bits per heavy atom. The third-order valence-corrected chi connectivity index (χ3v) is 6.35. The molecule has 0 saturated carbocycles. The van der Waals surface area contributed by atoms with Crippen molar-refractivity contribution >= 4 is 41.1 Å². The maximum atomic E-state index is 12.6. The monoisotopic (exact) mass is 453 g/mol. The van der Waals surface area contributed by atoms with Gasteiger partial charge in [0.1, 0.15) is 0 Å². The molecule has 2 fully saturated rings. The third-order valence-electron chi connectivity index (χ3n) is 5.61. The Kier molecular flexibility index (Phi) is 8.57. The lowest BCUT2D eigenvalue weighted by Crippen LogP contribution is -2.44. The van der Waals surface area contributed by atoms with Gasteiger partial charge in [0.15, 0.2) is 0 Å². The first-order chi connectivity index (χ1) is 14.4. The van der Waals surface area contributed by atoms with Gasteiger partial charge in [0.2, 0.25) is 11.8 Å². The fourth-order valence-electron chi connectivity index (χ4n) is 3.92. The molecule has 1 N–H and O–H groups in total. The van der Waals surface area contributed by atoms with Crippen LogP contribution < -0.4 is 0 Å². The summed E-state index contributed by atoms with van der Waals surface area (Å²) in [5, 5.41) is 11.3. The number of benzene rings is 1. The van der Waals surface area contributed by atoms with E-state index in [-0.39, 0.29) is 18.2 Å². The predicted molar refractivity (Wildman–Crippen MR) is 120 cm³/mol. The molecule has 1 atom stereocenters. The van der Waals surface area contributed by atoms with Gasteiger partial charge < -0.3 is 19.8 Å². The van der Waals surface area contributed by atoms with Crippen LogP contribution in [-0.4, -0.2) is 83.5 Å². The van der Waals surface area contributed by atoms with Crippen molar-refractivity contribution in [2.24, 2.45) is 0 Å². The minimum atomic E-state index is -0.566. The van der Waals surface area contributed by atoms with Gasteiger partial charge in [0.05, 0.1) is 16.1 Å². The minimum Gasteiger partial charge on any atom is -0.390 e. The van der Waals surface area contributed by atoms with Gasteiger partial charge in [-0.1, -0.05) is 35.7 Å². The molecule has 1 aromatic carbocycles. The zero-order valence-corrected chi connectivity index (χ0v) is 18.6. The fraction of sp³-hybridized carbons (Fsp3) is 0.545. The number of piperidine rings is 1. The summed E-state index contributed by atoms with van der Waals surface area (Å²) in [6.07, 6.45) is 6.47. The Labute approximate surface area is 188 Å². The van der Waals surface area contributed by atoms with Crippen molar-refractivity contribution < 1.29 is 14.7 Å².